The molecule has 1 amide bonds. The van der Waals surface area contributed by atoms with Crippen LogP contribution in [-0.2, 0) is 4.79 Å². The number of fused-ring (bicyclic) bond motifs is 1. The highest BCUT2D eigenvalue weighted by Crippen LogP contribution is 2.43. The van der Waals surface area contributed by atoms with Crippen LogP contribution in [0, 0.1) is 0 Å². The van der Waals surface area contributed by atoms with Gasteiger partial charge in [-0.1, -0.05) is 0 Å². The summed E-state index contributed by atoms with van der Waals surface area (Å²) < 4.78 is 10.6. The molecule has 0 aliphatic carbocycles. The molecule has 0 spiro atoms. The highest BCUT2D eigenvalue weighted by molar-refractivity contribution is 7.99. The highest BCUT2D eigenvalue weighted by atomic mass is 32.2. The van der Waals surface area contributed by atoms with E-state index >= 15 is 0 Å². The first kappa shape index (κ1) is 12.1. The Kier molecular flexibility index (Phi) is 3.78. The van der Waals surface area contributed by atoms with Gasteiger partial charge in [-0.3, -0.25) is 4.79 Å². The third-order valence-electron chi connectivity index (χ3n) is 2.69. The summed E-state index contributed by atoms with van der Waals surface area (Å²) in [4.78, 5) is 13.8. The molecule has 1 aliphatic rings. The fourth-order valence-electron chi connectivity index (χ4n) is 1.83. The van der Waals surface area contributed by atoms with E-state index in [4.69, 9.17) is 9.47 Å². The molecule has 1 aliphatic heterocycles. The Morgan fingerprint density at radius 3 is 2.82 bits per heavy atom. The molecule has 0 atom stereocenters. The van der Waals surface area contributed by atoms with Gasteiger partial charge in [0, 0.05) is 18.7 Å². The Balaban J connectivity index is 2.55. The summed E-state index contributed by atoms with van der Waals surface area (Å²) in [5.41, 5.74) is 0.874. The van der Waals surface area contributed by atoms with E-state index in [9.17, 15) is 4.79 Å². The van der Waals surface area contributed by atoms with E-state index in [-0.39, 0.29) is 0 Å². The van der Waals surface area contributed by atoms with Crippen LogP contribution in [0.3, 0.4) is 0 Å². The minimum absolute atomic E-state index is 0.704. The topological polar surface area (TPSA) is 38.8 Å². The van der Waals surface area contributed by atoms with Gasteiger partial charge in [0.05, 0.1) is 24.8 Å². The zero-order valence-corrected chi connectivity index (χ0v) is 10.8. The Morgan fingerprint density at radius 2 is 2.18 bits per heavy atom. The largest absolute Gasteiger partial charge is 0.497 e. The lowest BCUT2D eigenvalue weighted by molar-refractivity contribution is -0.107. The molecule has 0 fully saturated rings. The first-order chi connectivity index (χ1) is 8.30. The van der Waals surface area contributed by atoms with Gasteiger partial charge < -0.3 is 14.4 Å². The molecule has 5 heteroatoms. The first-order valence-corrected chi connectivity index (χ1v) is 6.39. The SMILES string of the molecule is COc1cc(OC)c2c(c1)N(C=O)CCCS2. The van der Waals surface area contributed by atoms with Crippen LogP contribution in [0.25, 0.3) is 0 Å². The number of methoxy groups -OCH3 is 2. The standard InChI is InChI=1S/C12H15NO3S/c1-15-9-6-10-12(11(7-9)16-2)17-5-3-4-13(10)8-14/h6-8H,3-5H2,1-2H3. The summed E-state index contributed by atoms with van der Waals surface area (Å²) >= 11 is 1.72. The number of anilines is 1. The molecule has 1 aromatic rings. The minimum atomic E-state index is 0.704. The molecule has 0 aromatic heterocycles. The number of benzene rings is 1. The lowest BCUT2D eigenvalue weighted by Gasteiger charge is -2.19. The Hall–Kier alpha value is -1.36. The number of rotatable bonds is 3. The molecule has 0 saturated carbocycles. The van der Waals surface area contributed by atoms with Crippen LogP contribution in [0.2, 0.25) is 0 Å². The molecule has 1 aromatic carbocycles. The zero-order valence-electron chi connectivity index (χ0n) is 9.93. The fourth-order valence-corrected chi connectivity index (χ4v) is 2.92. The molecule has 0 saturated heterocycles. The summed E-state index contributed by atoms with van der Waals surface area (Å²) in [5.74, 6) is 2.45. The van der Waals surface area contributed by atoms with E-state index in [1.807, 2.05) is 12.1 Å². The molecule has 0 N–H and O–H groups in total. The molecule has 1 heterocycles. The van der Waals surface area contributed by atoms with Gasteiger partial charge in [-0.25, -0.2) is 0 Å². The summed E-state index contributed by atoms with van der Waals surface area (Å²) in [6, 6.07) is 3.73. The number of thioether (sulfide) groups is 1. The van der Waals surface area contributed by atoms with Crippen molar-refractivity contribution in [1.29, 1.82) is 0 Å². The maximum Gasteiger partial charge on any atom is 0.214 e. The predicted molar refractivity (Wildman–Crippen MR) is 68.3 cm³/mol. The predicted octanol–water partition coefficient (Wildman–Crippen LogP) is 2.16. The van der Waals surface area contributed by atoms with E-state index in [1.165, 1.54) is 0 Å². The number of carbonyl (C=O) groups is 1. The van der Waals surface area contributed by atoms with Gasteiger partial charge in [-0.15, -0.1) is 11.8 Å². The van der Waals surface area contributed by atoms with Gasteiger partial charge in [0.25, 0.3) is 0 Å². The van der Waals surface area contributed by atoms with E-state index in [2.05, 4.69) is 0 Å². The lowest BCUT2D eigenvalue weighted by atomic mass is 10.2. The molecule has 2 rings (SSSR count). The molecule has 17 heavy (non-hydrogen) atoms. The average molecular weight is 253 g/mol. The van der Waals surface area contributed by atoms with Crippen LogP contribution < -0.4 is 14.4 Å². The normalized spacial score (nSPS) is 14.8. The first-order valence-electron chi connectivity index (χ1n) is 5.41. The van der Waals surface area contributed by atoms with E-state index in [1.54, 1.807) is 30.9 Å². The second-order valence-electron chi connectivity index (χ2n) is 3.68. The van der Waals surface area contributed by atoms with E-state index < -0.39 is 0 Å². The number of hydrogen-bond donors (Lipinski definition) is 0. The van der Waals surface area contributed by atoms with E-state index in [0.29, 0.717) is 5.75 Å². The van der Waals surface area contributed by atoms with Crippen molar-refractivity contribution in [2.45, 2.75) is 11.3 Å². The van der Waals surface area contributed by atoms with Gasteiger partial charge in [0.1, 0.15) is 11.5 Å². The van der Waals surface area contributed by atoms with Crippen LogP contribution in [0.1, 0.15) is 6.42 Å². The molecule has 0 bridgehead atoms. The van der Waals surface area contributed by atoms with Gasteiger partial charge in [-0.2, -0.15) is 0 Å². The van der Waals surface area contributed by atoms with Gasteiger partial charge in [-0.05, 0) is 12.2 Å². The molecule has 4 nitrogen and oxygen atoms in total. The molecular formula is C12H15NO3S. The second-order valence-corrected chi connectivity index (χ2v) is 4.78. The number of nitrogens with zero attached hydrogens (tertiary/aromatic N) is 1. The summed E-state index contributed by atoms with van der Waals surface area (Å²) in [7, 11) is 3.24. The van der Waals surface area contributed by atoms with Crippen molar-refractivity contribution in [1.82, 2.24) is 0 Å². The summed E-state index contributed by atoms with van der Waals surface area (Å²) in [6.45, 7) is 0.736. The van der Waals surface area contributed by atoms with Crippen LogP contribution in [0.4, 0.5) is 5.69 Å². The number of carbonyl (C=O) groups excluding carboxylic acids is 1. The monoisotopic (exact) mass is 253 g/mol. The van der Waals surface area contributed by atoms with Crippen molar-refractivity contribution in [2.24, 2.45) is 0 Å². The lowest BCUT2D eigenvalue weighted by Crippen LogP contribution is -2.22. The summed E-state index contributed by atoms with van der Waals surface area (Å²) in [6.07, 6.45) is 1.84. The Labute approximate surface area is 105 Å². The maximum absolute atomic E-state index is 11.1. The van der Waals surface area contributed by atoms with Crippen LogP contribution in [-0.4, -0.2) is 32.9 Å². The molecule has 0 radical (unpaired) electrons. The van der Waals surface area contributed by atoms with Crippen molar-refractivity contribution in [3.05, 3.63) is 12.1 Å². The fraction of sp³-hybridized carbons (Fsp3) is 0.417. The van der Waals surface area contributed by atoms with Crippen molar-refractivity contribution >= 4 is 23.9 Å². The third kappa shape index (κ3) is 2.34. The second kappa shape index (κ2) is 5.31. The van der Waals surface area contributed by atoms with Crippen molar-refractivity contribution < 1.29 is 14.3 Å². The zero-order chi connectivity index (χ0) is 12.3. The third-order valence-corrected chi connectivity index (χ3v) is 3.88. The van der Waals surface area contributed by atoms with Gasteiger partial charge in [0.2, 0.25) is 6.41 Å². The van der Waals surface area contributed by atoms with Gasteiger partial charge >= 0.3 is 0 Å². The molecule has 0 unspecified atom stereocenters. The Bertz CT molecular complexity index is 422. The van der Waals surface area contributed by atoms with Crippen molar-refractivity contribution in [3.63, 3.8) is 0 Å². The highest BCUT2D eigenvalue weighted by Gasteiger charge is 2.20. The van der Waals surface area contributed by atoms with E-state index in [0.717, 1.165) is 41.5 Å². The van der Waals surface area contributed by atoms with Crippen LogP contribution in [0.15, 0.2) is 17.0 Å². The number of ether oxygens (including phenoxy) is 2. The van der Waals surface area contributed by atoms with Crippen LogP contribution in [0.5, 0.6) is 11.5 Å². The maximum atomic E-state index is 11.1. The molecule has 92 valence electrons. The average Bonchev–Trinajstić information content (AvgIpc) is 2.59. The Morgan fingerprint density at radius 1 is 1.35 bits per heavy atom. The smallest absolute Gasteiger partial charge is 0.214 e. The van der Waals surface area contributed by atoms with Crippen molar-refractivity contribution in [2.75, 3.05) is 31.4 Å². The number of hydrogen-bond acceptors (Lipinski definition) is 4. The summed E-state index contributed by atoms with van der Waals surface area (Å²) in [5, 5.41) is 0. The van der Waals surface area contributed by atoms with Crippen LogP contribution >= 0.6 is 11.8 Å². The van der Waals surface area contributed by atoms with Gasteiger partial charge in [0.15, 0.2) is 0 Å². The molecular weight excluding hydrogens is 238 g/mol. The van der Waals surface area contributed by atoms with Crippen molar-refractivity contribution in [3.8, 4) is 11.5 Å². The quantitative estimate of drug-likeness (QED) is 0.774. The number of amides is 1. The minimum Gasteiger partial charge on any atom is -0.497 e.